The van der Waals surface area contributed by atoms with Crippen LogP contribution in [-0.2, 0) is 11.2 Å². The van der Waals surface area contributed by atoms with E-state index in [4.69, 9.17) is 16.7 Å². The topological polar surface area (TPSA) is 63.1 Å². The standard InChI is InChI=1S/C12H9ClN2O2/c13-11-2-1-9(8-3-5-14-6-4-8)10(15-11)7-12(16)17/h1-6H,7H2,(H,16,17). The van der Waals surface area contributed by atoms with Gasteiger partial charge in [-0.2, -0.15) is 0 Å². The zero-order valence-corrected chi connectivity index (χ0v) is 9.55. The van der Waals surface area contributed by atoms with Gasteiger partial charge in [0, 0.05) is 18.0 Å². The third-order valence-corrected chi connectivity index (χ3v) is 2.46. The van der Waals surface area contributed by atoms with Crippen LogP contribution in [0, 0.1) is 0 Å². The lowest BCUT2D eigenvalue weighted by Crippen LogP contribution is -2.04. The zero-order valence-electron chi connectivity index (χ0n) is 8.80. The molecule has 5 heteroatoms. The molecule has 0 amide bonds. The number of carboxylic acid groups (broad SMARTS) is 1. The van der Waals surface area contributed by atoms with Crippen LogP contribution in [0.25, 0.3) is 11.1 Å². The van der Waals surface area contributed by atoms with E-state index in [9.17, 15) is 4.79 Å². The van der Waals surface area contributed by atoms with E-state index >= 15 is 0 Å². The average molecular weight is 249 g/mol. The van der Waals surface area contributed by atoms with Crippen LogP contribution in [0.15, 0.2) is 36.7 Å². The minimum atomic E-state index is -0.935. The number of halogens is 1. The lowest BCUT2D eigenvalue weighted by molar-refractivity contribution is -0.136. The molecule has 0 aliphatic rings. The van der Waals surface area contributed by atoms with Crippen molar-refractivity contribution in [3.8, 4) is 11.1 Å². The molecule has 0 aliphatic heterocycles. The number of rotatable bonds is 3. The maximum Gasteiger partial charge on any atom is 0.309 e. The second-order valence-corrected chi connectivity index (χ2v) is 3.82. The van der Waals surface area contributed by atoms with Gasteiger partial charge in [-0.05, 0) is 29.8 Å². The molecule has 0 atom stereocenters. The lowest BCUT2D eigenvalue weighted by atomic mass is 10.0. The minimum absolute atomic E-state index is 0.155. The molecule has 0 saturated carbocycles. The summed E-state index contributed by atoms with van der Waals surface area (Å²) < 4.78 is 0. The zero-order chi connectivity index (χ0) is 12.3. The Morgan fingerprint density at radius 3 is 2.59 bits per heavy atom. The van der Waals surface area contributed by atoms with Gasteiger partial charge < -0.3 is 5.11 Å². The van der Waals surface area contributed by atoms with Crippen molar-refractivity contribution in [1.29, 1.82) is 0 Å². The maximum absolute atomic E-state index is 10.8. The first kappa shape index (κ1) is 11.5. The van der Waals surface area contributed by atoms with Crippen LogP contribution in [0.5, 0.6) is 0 Å². The molecule has 0 saturated heterocycles. The van der Waals surface area contributed by atoms with Gasteiger partial charge in [-0.25, -0.2) is 4.98 Å². The Morgan fingerprint density at radius 1 is 1.24 bits per heavy atom. The van der Waals surface area contributed by atoms with E-state index in [1.165, 1.54) is 0 Å². The van der Waals surface area contributed by atoms with Gasteiger partial charge in [0.15, 0.2) is 0 Å². The summed E-state index contributed by atoms with van der Waals surface area (Å²) in [5.74, 6) is -0.935. The Labute approximate surface area is 103 Å². The molecule has 0 aromatic carbocycles. The first-order valence-corrected chi connectivity index (χ1v) is 5.32. The molecule has 0 fully saturated rings. The van der Waals surface area contributed by atoms with Crippen molar-refractivity contribution in [2.45, 2.75) is 6.42 Å². The molecule has 17 heavy (non-hydrogen) atoms. The number of hydrogen-bond donors (Lipinski definition) is 1. The summed E-state index contributed by atoms with van der Waals surface area (Å²) in [6, 6.07) is 7.01. The fourth-order valence-corrected chi connectivity index (χ4v) is 1.71. The smallest absolute Gasteiger partial charge is 0.309 e. The van der Waals surface area contributed by atoms with Crippen LogP contribution in [0.2, 0.25) is 5.15 Å². The summed E-state index contributed by atoms with van der Waals surface area (Å²) in [5.41, 5.74) is 2.09. The van der Waals surface area contributed by atoms with E-state index in [0.717, 1.165) is 11.1 Å². The Hall–Kier alpha value is -1.94. The van der Waals surface area contributed by atoms with E-state index in [1.807, 2.05) is 0 Å². The summed E-state index contributed by atoms with van der Waals surface area (Å²) in [7, 11) is 0. The molecule has 2 aromatic rings. The highest BCUT2D eigenvalue weighted by Gasteiger charge is 2.10. The van der Waals surface area contributed by atoms with Crippen LogP contribution in [-0.4, -0.2) is 21.0 Å². The van der Waals surface area contributed by atoms with Crippen LogP contribution >= 0.6 is 11.6 Å². The van der Waals surface area contributed by atoms with Crippen molar-refractivity contribution < 1.29 is 9.90 Å². The second-order valence-electron chi connectivity index (χ2n) is 3.43. The number of hydrogen-bond acceptors (Lipinski definition) is 3. The second kappa shape index (κ2) is 4.93. The SMILES string of the molecule is O=C(O)Cc1nc(Cl)ccc1-c1ccncc1. The van der Waals surface area contributed by atoms with Gasteiger partial charge >= 0.3 is 5.97 Å². The van der Waals surface area contributed by atoms with Crippen molar-refractivity contribution in [1.82, 2.24) is 9.97 Å². The quantitative estimate of drug-likeness (QED) is 0.848. The largest absolute Gasteiger partial charge is 0.481 e. The van der Waals surface area contributed by atoms with Gasteiger partial charge in [-0.15, -0.1) is 0 Å². The molecule has 86 valence electrons. The van der Waals surface area contributed by atoms with Crippen molar-refractivity contribution in [3.63, 3.8) is 0 Å². The molecular weight excluding hydrogens is 240 g/mol. The third kappa shape index (κ3) is 2.79. The highest BCUT2D eigenvalue weighted by molar-refractivity contribution is 6.29. The number of pyridine rings is 2. The molecule has 0 spiro atoms. The number of carboxylic acids is 1. The number of aromatic nitrogens is 2. The summed E-state index contributed by atoms with van der Waals surface area (Å²) in [6.45, 7) is 0. The number of carbonyl (C=O) groups is 1. The van der Waals surface area contributed by atoms with Crippen molar-refractivity contribution in [3.05, 3.63) is 47.5 Å². The molecular formula is C12H9ClN2O2. The summed E-state index contributed by atoms with van der Waals surface area (Å²) in [5, 5.41) is 9.12. The number of aliphatic carboxylic acids is 1. The molecule has 2 rings (SSSR count). The molecule has 0 aliphatic carbocycles. The van der Waals surface area contributed by atoms with Gasteiger partial charge in [0.1, 0.15) is 5.15 Å². The van der Waals surface area contributed by atoms with E-state index < -0.39 is 5.97 Å². The first-order chi connectivity index (χ1) is 8.16. The van der Waals surface area contributed by atoms with Crippen molar-refractivity contribution in [2.75, 3.05) is 0 Å². The third-order valence-electron chi connectivity index (χ3n) is 2.25. The lowest BCUT2D eigenvalue weighted by Gasteiger charge is -2.07. The van der Waals surface area contributed by atoms with Crippen molar-refractivity contribution in [2.24, 2.45) is 0 Å². The van der Waals surface area contributed by atoms with Crippen LogP contribution < -0.4 is 0 Å². The Bertz CT molecular complexity index is 543. The summed E-state index contributed by atoms with van der Waals surface area (Å²) in [6.07, 6.45) is 3.14. The highest BCUT2D eigenvalue weighted by atomic mass is 35.5. The van der Waals surface area contributed by atoms with Crippen LogP contribution in [0.1, 0.15) is 5.69 Å². The van der Waals surface area contributed by atoms with Gasteiger partial charge in [0.05, 0.1) is 12.1 Å². The molecule has 0 unspecified atom stereocenters. The van der Waals surface area contributed by atoms with Gasteiger partial charge in [0.25, 0.3) is 0 Å². The van der Waals surface area contributed by atoms with E-state index in [0.29, 0.717) is 10.8 Å². The highest BCUT2D eigenvalue weighted by Crippen LogP contribution is 2.23. The molecule has 0 bridgehead atoms. The van der Waals surface area contributed by atoms with Crippen molar-refractivity contribution >= 4 is 17.6 Å². The first-order valence-electron chi connectivity index (χ1n) is 4.94. The Morgan fingerprint density at radius 2 is 1.94 bits per heavy atom. The van der Waals surface area contributed by atoms with E-state index in [2.05, 4.69) is 9.97 Å². The van der Waals surface area contributed by atoms with Gasteiger partial charge in [0.2, 0.25) is 0 Å². The molecule has 4 nitrogen and oxygen atoms in total. The monoisotopic (exact) mass is 248 g/mol. The molecule has 1 N–H and O–H groups in total. The minimum Gasteiger partial charge on any atom is -0.481 e. The maximum atomic E-state index is 10.8. The number of nitrogens with zero attached hydrogens (tertiary/aromatic N) is 2. The Balaban J connectivity index is 2.50. The molecule has 0 radical (unpaired) electrons. The fraction of sp³-hybridized carbons (Fsp3) is 0.0833. The van der Waals surface area contributed by atoms with Gasteiger partial charge in [-0.1, -0.05) is 11.6 Å². The summed E-state index contributed by atoms with van der Waals surface area (Å²) >= 11 is 5.77. The normalized spacial score (nSPS) is 10.2. The predicted molar refractivity (Wildman–Crippen MR) is 63.8 cm³/mol. The Kier molecular flexibility index (Phi) is 3.35. The molecule has 2 heterocycles. The van der Waals surface area contributed by atoms with E-state index in [1.54, 1.807) is 36.7 Å². The average Bonchev–Trinajstić information content (AvgIpc) is 2.29. The van der Waals surface area contributed by atoms with Gasteiger partial charge in [-0.3, -0.25) is 9.78 Å². The van der Waals surface area contributed by atoms with Crippen LogP contribution in [0.4, 0.5) is 0 Å². The van der Waals surface area contributed by atoms with Crippen LogP contribution in [0.3, 0.4) is 0 Å². The van der Waals surface area contributed by atoms with E-state index in [-0.39, 0.29) is 6.42 Å². The fourth-order valence-electron chi connectivity index (χ4n) is 1.55. The molecule has 2 aromatic heterocycles. The summed E-state index contributed by atoms with van der Waals surface area (Å²) in [4.78, 5) is 18.7. The predicted octanol–water partition coefficient (Wildman–Crippen LogP) is 2.42.